The molecule has 2 heterocycles. The number of carbonyl (C=O) groups excluding carboxylic acids is 1. The lowest BCUT2D eigenvalue weighted by atomic mass is 9.88. The number of amides is 1. The second-order valence-corrected chi connectivity index (χ2v) is 7.63. The van der Waals surface area contributed by atoms with Crippen LogP contribution in [0.1, 0.15) is 29.3 Å². The van der Waals surface area contributed by atoms with Crippen molar-refractivity contribution in [3.63, 3.8) is 0 Å². The predicted octanol–water partition coefficient (Wildman–Crippen LogP) is 3.52. The molecule has 5 nitrogen and oxygen atoms in total. The zero-order valence-corrected chi connectivity index (χ0v) is 14.7. The second-order valence-electron chi connectivity index (χ2n) is 6.52. The molecule has 1 N–H and O–H groups in total. The average Bonchev–Trinajstić information content (AvgIpc) is 2.97. The minimum atomic E-state index is -0.723. The Morgan fingerprint density at radius 2 is 2.16 bits per heavy atom. The molecule has 4 rings (SSSR count). The third-order valence-electron chi connectivity index (χ3n) is 4.66. The number of hydrogen-bond donors (Lipinski definition) is 1. The zero-order chi connectivity index (χ0) is 17.4. The van der Waals surface area contributed by atoms with Gasteiger partial charge in [-0.1, -0.05) is 19.1 Å². The summed E-state index contributed by atoms with van der Waals surface area (Å²) in [7, 11) is 0. The Morgan fingerprint density at radius 3 is 2.96 bits per heavy atom. The predicted molar refractivity (Wildman–Crippen MR) is 95.2 cm³/mol. The second kappa shape index (κ2) is 6.41. The molecule has 128 valence electrons. The lowest BCUT2D eigenvalue weighted by molar-refractivity contribution is -0.125. The van der Waals surface area contributed by atoms with Crippen LogP contribution in [-0.4, -0.2) is 18.6 Å². The van der Waals surface area contributed by atoms with Crippen LogP contribution >= 0.6 is 11.3 Å². The van der Waals surface area contributed by atoms with Gasteiger partial charge in [0.05, 0.1) is 5.56 Å². The SMILES string of the molecule is C[C@H]1CCc2c(sc(NC(=O)[C@H]3COc4ccccc4O3)c2C#N)C1. The van der Waals surface area contributed by atoms with E-state index < -0.39 is 6.10 Å². The number of nitrogens with one attached hydrogen (secondary N) is 1. The highest BCUT2D eigenvalue weighted by molar-refractivity contribution is 7.16. The van der Waals surface area contributed by atoms with Crippen LogP contribution in [0.25, 0.3) is 0 Å². The van der Waals surface area contributed by atoms with Gasteiger partial charge in [-0.15, -0.1) is 11.3 Å². The largest absolute Gasteiger partial charge is 0.485 e. The van der Waals surface area contributed by atoms with Crippen LogP contribution in [0.2, 0.25) is 0 Å². The van der Waals surface area contributed by atoms with Crippen LogP contribution in [0.4, 0.5) is 5.00 Å². The van der Waals surface area contributed by atoms with Gasteiger partial charge in [-0.25, -0.2) is 0 Å². The number of nitriles is 1. The van der Waals surface area contributed by atoms with E-state index in [9.17, 15) is 10.1 Å². The van der Waals surface area contributed by atoms with Gasteiger partial charge in [-0.2, -0.15) is 5.26 Å². The number of carbonyl (C=O) groups is 1. The number of hydrogen-bond acceptors (Lipinski definition) is 5. The van der Waals surface area contributed by atoms with Crippen LogP contribution in [0.3, 0.4) is 0 Å². The van der Waals surface area contributed by atoms with Gasteiger partial charge >= 0.3 is 0 Å². The molecule has 6 heteroatoms. The molecule has 1 aromatic carbocycles. The third kappa shape index (κ3) is 2.96. The molecule has 1 amide bonds. The quantitative estimate of drug-likeness (QED) is 0.896. The van der Waals surface area contributed by atoms with Gasteiger partial charge in [0.25, 0.3) is 5.91 Å². The minimum Gasteiger partial charge on any atom is -0.485 e. The molecule has 1 aliphatic carbocycles. The molecule has 0 spiro atoms. The van der Waals surface area contributed by atoms with Crippen molar-refractivity contribution in [2.24, 2.45) is 5.92 Å². The average molecular weight is 354 g/mol. The van der Waals surface area contributed by atoms with E-state index in [1.165, 1.54) is 16.2 Å². The molecule has 1 aromatic heterocycles. The zero-order valence-electron chi connectivity index (χ0n) is 13.9. The highest BCUT2D eigenvalue weighted by Crippen LogP contribution is 2.39. The number of anilines is 1. The molecule has 2 aliphatic rings. The summed E-state index contributed by atoms with van der Waals surface area (Å²) in [6, 6.07) is 9.55. The van der Waals surface area contributed by atoms with Gasteiger partial charge in [-0.3, -0.25) is 4.79 Å². The lowest BCUT2D eigenvalue weighted by Gasteiger charge is -2.25. The van der Waals surface area contributed by atoms with E-state index >= 15 is 0 Å². The standard InChI is InChI=1S/C19H18N2O3S/c1-11-6-7-12-13(9-20)19(25-17(12)8-11)21-18(22)16-10-23-14-4-2-3-5-15(14)24-16/h2-5,11,16H,6-8,10H2,1H3,(H,21,22)/t11-,16+/m0/s1. The number of thiophene rings is 1. The van der Waals surface area contributed by atoms with E-state index in [1.807, 2.05) is 18.2 Å². The smallest absolute Gasteiger partial charge is 0.269 e. The van der Waals surface area contributed by atoms with Crippen LogP contribution in [0.15, 0.2) is 24.3 Å². The normalized spacial score (nSPS) is 21.1. The number of benzene rings is 1. The van der Waals surface area contributed by atoms with E-state index in [0.717, 1.165) is 24.8 Å². The van der Waals surface area contributed by atoms with Crippen LogP contribution in [0.5, 0.6) is 11.5 Å². The van der Waals surface area contributed by atoms with Crippen molar-refractivity contribution in [1.29, 1.82) is 5.26 Å². The van der Waals surface area contributed by atoms with Crippen LogP contribution in [-0.2, 0) is 17.6 Å². The number of para-hydroxylation sites is 2. The highest BCUT2D eigenvalue weighted by Gasteiger charge is 2.30. The molecule has 0 saturated carbocycles. The Hall–Kier alpha value is -2.52. The fourth-order valence-corrected chi connectivity index (χ4v) is 4.66. The fraction of sp³-hybridized carbons (Fsp3) is 0.368. The third-order valence-corrected chi connectivity index (χ3v) is 5.83. The van der Waals surface area contributed by atoms with E-state index in [1.54, 1.807) is 6.07 Å². The first-order valence-corrected chi connectivity index (χ1v) is 9.21. The van der Waals surface area contributed by atoms with E-state index in [-0.39, 0.29) is 12.5 Å². The van der Waals surface area contributed by atoms with Crippen molar-refractivity contribution in [2.45, 2.75) is 32.3 Å². The van der Waals surface area contributed by atoms with Gasteiger partial charge in [0, 0.05) is 4.88 Å². The molecule has 0 saturated heterocycles. The van der Waals surface area contributed by atoms with Gasteiger partial charge in [0.15, 0.2) is 11.5 Å². The Morgan fingerprint density at radius 1 is 1.36 bits per heavy atom. The van der Waals surface area contributed by atoms with E-state index in [0.29, 0.717) is 28.0 Å². The number of nitrogens with zero attached hydrogens (tertiary/aromatic N) is 1. The summed E-state index contributed by atoms with van der Waals surface area (Å²) in [4.78, 5) is 13.8. The maximum absolute atomic E-state index is 12.6. The van der Waals surface area contributed by atoms with Crippen molar-refractivity contribution in [2.75, 3.05) is 11.9 Å². The first-order chi connectivity index (χ1) is 12.2. The first kappa shape index (κ1) is 16.0. The maximum Gasteiger partial charge on any atom is 0.269 e. The minimum absolute atomic E-state index is 0.160. The Balaban J connectivity index is 1.53. The topological polar surface area (TPSA) is 71.3 Å². The summed E-state index contributed by atoms with van der Waals surface area (Å²) >= 11 is 1.52. The van der Waals surface area contributed by atoms with E-state index in [2.05, 4.69) is 18.3 Å². The monoisotopic (exact) mass is 354 g/mol. The lowest BCUT2D eigenvalue weighted by Crippen LogP contribution is -2.40. The Bertz CT molecular complexity index is 868. The number of rotatable bonds is 2. The summed E-state index contributed by atoms with van der Waals surface area (Å²) in [5.41, 5.74) is 1.71. The molecular formula is C19H18N2O3S. The summed E-state index contributed by atoms with van der Waals surface area (Å²) < 4.78 is 11.3. The van der Waals surface area contributed by atoms with Crippen LogP contribution in [0, 0.1) is 17.2 Å². The molecule has 0 radical (unpaired) electrons. The van der Waals surface area contributed by atoms with Crippen molar-refractivity contribution < 1.29 is 14.3 Å². The number of ether oxygens (including phenoxy) is 2. The molecule has 1 aliphatic heterocycles. The van der Waals surface area contributed by atoms with Crippen molar-refractivity contribution in [3.8, 4) is 17.6 Å². The molecule has 25 heavy (non-hydrogen) atoms. The van der Waals surface area contributed by atoms with Gasteiger partial charge in [-0.05, 0) is 42.9 Å². The Kier molecular flexibility index (Phi) is 4.10. The fourth-order valence-electron chi connectivity index (χ4n) is 3.30. The molecule has 2 atom stereocenters. The molecule has 0 bridgehead atoms. The van der Waals surface area contributed by atoms with Crippen molar-refractivity contribution in [3.05, 3.63) is 40.3 Å². The summed E-state index contributed by atoms with van der Waals surface area (Å²) in [5, 5.41) is 13.1. The molecular weight excluding hydrogens is 336 g/mol. The summed E-state index contributed by atoms with van der Waals surface area (Å²) in [6.45, 7) is 2.38. The number of fused-ring (bicyclic) bond motifs is 2. The summed E-state index contributed by atoms with van der Waals surface area (Å²) in [5.74, 6) is 1.55. The van der Waals surface area contributed by atoms with E-state index in [4.69, 9.17) is 9.47 Å². The molecule has 2 aromatic rings. The Labute approximate surface area is 150 Å². The first-order valence-electron chi connectivity index (χ1n) is 8.39. The van der Waals surface area contributed by atoms with Crippen molar-refractivity contribution in [1.82, 2.24) is 0 Å². The maximum atomic E-state index is 12.6. The van der Waals surface area contributed by atoms with Gasteiger partial charge < -0.3 is 14.8 Å². The molecule has 0 fully saturated rings. The van der Waals surface area contributed by atoms with Gasteiger partial charge in [0.1, 0.15) is 17.7 Å². The molecule has 0 unspecified atom stereocenters. The van der Waals surface area contributed by atoms with Crippen LogP contribution < -0.4 is 14.8 Å². The highest BCUT2D eigenvalue weighted by atomic mass is 32.1. The van der Waals surface area contributed by atoms with Crippen molar-refractivity contribution >= 4 is 22.2 Å². The summed E-state index contributed by atoms with van der Waals surface area (Å²) in [6.07, 6.45) is 2.24. The van der Waals surface area contributed by atoms with Gasteiger partial charge in [0.2, 0.25) is 6.10 Å².